The van der Waals surface area contributed by atoms with Gasteiger partial charge in [0.15, 0.2) is 11.5 Å². The van der Waals surface area contributed by atoms with Crippen molar-refractivity contribution in [1.82, 2.24) is 19.5 Å². The molecule has 2 aromatic heterocycles. The molecule has 0 bridgehead atoms. The number of anilines is 2. The van der Waals surface area contributed by atoms with Gasteiger partial charge in [-0.1, -0.05) is 0 Å². The van der Waals surface area contributed by atoms with Crippen LogP contribution in [0.4, 0.5) is 11.8 Å². The highest BCUT2D eigenvalue weighted by atomic mass is 16.5. The lowest BCUT2D eigenvalue weighted by molar-refractivity contribution is 0.356. The summed E-state index contributed by atoms with van der Waals surface area (Å²) >= 11 is 0. The lowest BCUT2D eigenvalue weighted by Gasteiger charge is -2.18. The van der Waals surface area contributed by atoms with E-state index in [9.17, 15) is 0 Å². The van der Waals surface area contributed by atoms with Crippen molar-refractivity contribution in [3.8, 4) is 11.5 Å². The zero-order chi connectivity index (χ0) is 18.3. The molecule has 0 saturated carbocycles. The zero-order valence-electron chi connectivity index (χ0n) is 15.1. The van der Waals surface area contributed by atoms with E-state index in [4.69, 9.17) is 20.2 Å². The van der Waals surface area contributed by atoms with Crippen molar-refractivity contribution >= 4 is 22.7 Å². The summed E-state index contributed by atoms with van der Waals surface area (Å²) in [5, 5.41) is 0.756. The number of hydrogen-bond acceptors (Lipinski definition) is 7. The van der Waals surface area contributed by atoms with E-state index in [1.165, 1.54) is 0 Å². The number of ether oxygens (including phenoxy) is 2. The molecule has 8 heteroatoms. The maximum absolute atomic E-state index is 6.20. The molecule has 26 heavy (non-hydrogen) atoms. The largest absolute Gasteiger partial charge is 0.493 e. The van der Waals surface area contributed by atoms with Crippen molar-refractivity contribution in [3.05, 3.63) is 30.4 Å². The molecular formula is C18H22N6O2. The van der Waals surface area contributed by atoms with Crippen molar-refractivity contribution in [2.75, 3.05) is 37.9 Å². The summed E-state index contributed by atoms with van der Waals surface area (Å²) in [7, 11) is 5.22. The van der Waals surface area contributed by atoms with E-state index in [1.54, 1.807) is 14.2 Å². The molecular weight excluding hydrogens is 332 g/mol. The molecule has 3 aromatic rings. The number of benzene rings is 1. The number of imidazole rings is 1. The molecule has 1 aliphatic rings. The summed E-state index contributed by atoms with van der Waals surface area (Å²) in [5.74, 6) is 3.76. The van der Waals surface area contributed by atoms with Gasteiger partial charge in [0.1, 0.15) is 11.6 Å². The van der Waals surface area contributed by atoms with Crippen LogP contribution in [0.15, 0.2) is 24.5 Å². The van der Waals surface area contributed by atoms with Crippen LogP contribution in [0.3, 0.4) is 0 Å². The summed E-state index contributed by atoms with van der Waals surface area (Å²) in [6, 6.07) is 3.65. The van der Waals surface area contributed by atoms with Gasteiger partial charge in [-0.15, -0.1) is 0 Å². The van der Waals surface area contributed by atoms with Gasteiger partial charge in [-0.05, 0) is 12.5 Å². The van der Waals surface area contributed by atoms with Crippen molar-refractivity contribution in [1.29, 1.82) is 0 Å². The second-order valence-electron chi connectivity index (χ2n) is 6.46. The summed E-state index contributed by atoms with van der Waals surface area (Å²) < 4.78 is 12.8. The summed E-state index contributed by atoms with van der Waals surface area (Å²) in [5.41, 5.74) is 6.94. The van der Waals surface area contributed by atoms with Crippen LogP contribution in [0.1, 0.15) is 18.2 Å². The quantitative estimate of drug-likeness (QED) is 0.766. The molecule has 4 rings (SSSR count). The topological polar surface area (TPSA) is 91.3 Å². The van der Waals surface area contributed by atoms with E-state index in [2.05, 4.69) is 19.4 Å². The highest BCUT2D eigenvalue weighted by Gasteiger charge is 2.28. The van der Waals surface area contributed by atoms with E-state index >= 15 is 0 Å². The normalized spacial score (nSPS) is 17.0. The van der Waals surface area contributed by atoms with Crippen molar-refractivity contribution in [3.63, 3.8) is 0 Å². The molecule has 3 heterocycles. The number of methoxy groups -OCH3 is 2. The number of hydrogen-bond donors (Lipinski definition) is 1. The second-order valence-corrected chi connectivity index (χ2v) is 6.46. The van der Waals surface area contributed by atoms with Crippen LogP contribution in [0.5, 0.6) is 11.5 Å². The fourth-order valence-corrected chi connectivity index (χ4v) is 3.53. The van der Waals surface area contributed by atoms with Crippen LogP contribution in [0.2, 0.25) is 0 Å². The fraction of sp³-hybridized carbons (Fsp3) is 0.389. The molecule has 2 N–H and O–H groups in total. The van der Waals surface area contributed by atoms with E-state index in [1.807, 2.05) is 31.6 Å². The molecule has 0 aliphatic carbocycles. The van der Waals surface area contributed by atoms with Crippen LogP contribution in [0, 0.1) is 0 Å². The van der Waals surface area contributed by atoms with E-state index < -0.39 is 0 Å². The number of aromatic nitrogens is 4. The minimum atomic E-state index is 0.362. The SMILES string of the molecule is COc1cc2nc(N3CCC(c4nccn4C)C3)nc(N)c2cc1OC. The molecule has 8 nitrogen and oxygen atoms in total. The lowest BCUT2D eigenvalue weighted by atomic mass is 10.1. The van der Waals surface area contributed by atoms with Crippen LogP contribution >= 0.6 is 0 Å². The Kier molecular flexibility index (Phi) is 4.02. The maximum Gasteiger partial charge on any atom is 0.227 e. The summed E-state index contributed by atoms with van der Waals surface area (Å²) in [6.07, 6.45) is 4.82. The van der Waals surface area contributed by atoms with Gasteiger partial charge in [0.05, 0.1) is 19.7 Å². The fourth-order valence-electron chi connectivity index (χ4n) is 3.53. The summed E-state index contributed by atoms with van der Waals surface area (Å²) in [4.78, 5) is 15.9. The van der Waals surface area contributed by atoms with Gasteiger partial charge in [0, 0.05) is 49.9 Å². The van der Waals surface area contributed by atoms with E-state index in [0.29, 0.717) is 29.2 Å². The van der Waals surface area contributed by atoms with Gasteiger partial charge >= 0.3 is 0 Å². The molecule has 0 amide bonds. The average molecular weight is 354 g/mol. The van der Waals surface area contributed by atoms with Gasteiger partial charge in [-0.2, -0.15) is 4.98 Å². The van der Waals surface area contributed by atoms with Crippen molar-refractivity contribution in [2.45, 2.75) is 12.3 Å². The Labute approximate surface area is 151 Å². The van der Waals surface area contributed by atoms with E-state index in [0.717, 1.165) is 36.2 Å². The van der Waals surface area contributed by atoms with Crippen molar-refractivity contribution < 1.29 is 9.47 Å². The first-order valence-electron chi connectivity index (χ1n) is 8.52. The first-order valence-corrected chi connectivity index (χ1v) is 8.52. The van der Waals surface area contributed by atoms with Gasteiger partial charge < -0.3 is 24.7 Å². The number of aryl methyl sites for hydroxylation is 1. The Morgan fingerprint density at radius 3 is 2.62 bits per heavy atom. The van der Waals surface area contributed by atoms with E-state index in [-0.39, 0.29) is 0 Å². The Morgan fingerprint density at radius 2 is 1.92 bits per heavy atom. The minimum Gasteiger partial charge on any atom is -0.493 e. The smallest absolute Gasteiger partial charge is 0.227 e. The highest BCUT2D eigenvalue weighted by Crippen LogP contribution is 2.35. The van der Waals surface area contributed by atoms with Gasteiger partial charge in [-0.25, -0.2) is 9.97 Å². The molecule has 136 valence electrons. The number of nitrogens with zero attached hydrogens (tertiary/aromatic N) is 5. The Hall–Kier alpha value is -3.03. The summed E-state index contributed by atoms with van der Waals surface area (Å²) in [6.45, 7) is 1.69. The van der Waals surface area contributed by atoms with Crippen LogP contribution < -0.4 is 20.1 Å². The molecule has 1 fully saturated rings. The minimum absolute atomic E-state index is 0.362. The number of rotatable bonds is 4. The average Bonchev–Trinajstić information content (AvgIpc) is 3.29. The molecule has 1 saturated heterocycles. The lowest BCUT2D eigenvalue weighted by Crippen LogP contribution is -2.22. The van der Waals surface area contributed by atoms with Crippen LogP contribution in [0.25, 0.3) is 10.9 Å². The Bertz CT molecular complexity index is 954. The van der Waals surface area contributed by atoms with Crippen LogP contribution in [-0.2, 0) is 7.05 Å². The molecule has 1 aromatic carbocycles. The molecule has 1 aliphatic heterocycles. The third-order valence-electron chi connectivity index (χ3n) is 4.91. The third-order valence-corrected chi connectivity index (χ3v) is 4.91. The molecule has 0 spiro atoms. The Morgan fingerprint density at radius 1 is 1.15 bits per heavy atom. The van der Waals surface area contributed by atoms with Gasteiger partial charge in [-0.3, -0.25) is 0 Å². The third kappa shape index (κ3) is 2.67. The standard InChI is InChI=1S/C18H22N6O2/c1-23-7-5-20-17(23)11-4-6-24(10-11)18-21-13-9-15(26-3)14(25-2)8-12(13)16(19)22-18/h5,7-9,11H,4,6,10H2,1-3H3,(H2,19,21,22). The molecule has 1 atom stereocenters. The predicted octanol–water partition coefficient (Wildman–Crippen LogP) is 1.96. The number of nitrogen functional groups attached to an aromatic ring is 1. The molecule has 0 radical (unpaired) electrons. The van der Waals surface area contributed by atoms with Gasteiger partial charge in [0.25, 0.3) is 0 Å². The van der Waals surface area contributed by atoms with Crippen LogP contribution in [-0.4, -0.2) is 46.8 Å². The highest BCUT2D eigenvalue weighted by molar-refractivity contribution is 5.91. The number of nitrogens with two attached hydrogens (primary N) is 1. The first-order chi connectivity index (χ1) is 12.6. The van der Waals surface area contributed by atoms with Gasteiger partial charge in [0.2, 0.25) is 5.95 Å². The monoisotopic (exact) mass is 354 g/mol. The van der Waals surface area contributed by atoms with Crippen molar-refractivity contribution in [2.24, 2.45) is 7.05 Å². The zero-order valence-corrected chi connectivity index (χ0v) is 15.1. The number of fused-ring (bicyclic) bond motifs is 1. The molecule has 1 unspecified atom stereocenters. The maximum atomic E-state index is 6.20. The predicted molar refractivity (Wildman–Crippen MR) is 99.8 cm³/mol. The second kappa shape index (κ2) is 6.36. The first kappa shape index (κ1) is 16.4. The Balaban J connectivity index is 1.68.